The molecular weight excluding hydrogens is 112 g/mol. The van der Waals surface area contributed by atoms with Crippen molar-refractivity contribution in [1.29, 1.82) is 0 Å². The first-order valence-corrected chi connectivity index (χ1v) is 3.12. The zero-order valence-electron chi connectivity index (χ0n) is 6.33. The molecule has 0 saturated carbocycles. The average Bonchev–Trinajstić information content (AvgIpc) is 1.85. The Morgan fingerprint density at radius 1 is 1.56 bits per heavy atom. The van der Waals surface area contributed by atoms with E-state index in [0.717, 1.165) is 6.42 Å². The van der Waals surface area contributed by atoms with Crippen LogP contribution in [-0.4, -0.2) is 25.3 Å². The van der Waals surface area contributed by atoms with E-state index in [1.807, 2.05) is 18.1 Å². The van der Waals surface area contributed by atoms with Gasteiger partial charge in [-0.25, -0.2) is 0 Å². The lowest BCUT2D eigenvalue weighted by molar-refractivity contribution is 0.704. The van der Waals surface area contributed by atoms with Crippen LogP contribution in [0.4, 0.5) is 0 Å². The molecule has 0 fully saturated rings. The van der Waals surface area contributed by atoms with Gasteiger partial charge in [0.1, 0.15) is 0 Å². The third-order valence-electron chi connectivity index (χ3n) is 0.874. The predicted octanol–water partition coefficient (Wildman–Crippen LogP) is 1.50. The molecule has 0 rings (SSSR count). The molecule has 0 aromatic carbocycles. The summed E-state index contributed by atoms with van der Waals surface area (Å²) in [6.07, 6.45) is 6.92. The maximum atomic E-state index is 3.84. The van der Waals surface area contributed by atoms with Crippen LogP contribution >= 0.6 is 0 Å². The number of aliphatic imine (C=N–C) groups is 1. The molecule has 52 valence electrons. The van der Waals surface area contributed by atoms with Crippen LogP contribution in [0.3, 0.4) is 0 Å². The smallest absolute Gasteiger partial charge is 0.0883 e. The minimum absolute atomic E-state index is 1.07. The minimum atomic E-state index is 1.07. The molecule has 0 saturated heterocycles. The van der Waals surface area contributed by atoms with Gasteiger partial charge in [-0.2, -0.15) is 0 Å². The molecule has 0 unspecified atom stereocenters. The van der Waals surface area contributed by atoms with Crippen molar-refractivity contribution in [3.8, 4) is 0 Å². The van der Waals surface area contributed by atoms with Crippen LogP contribution in [0.5, 0.6) is 0 Å². The molecule has 0 radical (unpaired) electrons. The fourth-order valence-electron chi connectivity index (χ4n) is 0.492. The third-order valence-corrected chi connectivity index (χ3v) is 0.874. The van der Waals surface area contributed by atoms with Crippen LogP contribution in [0, 0.1) is 0 Å². The molecule has 2 nitrogen and oxygen atoms in total. The molecule has 0 aliphatic carbocycles. The van der Waals surface area contributed by atoms with Gasteiger partial charge in [0.05, 0.1) is 6.34 Å². The quantitative estimate of drug-likeness (QED) is 0.413. The number of hydrogen-bond donors (Lipinski definition) is 0. The van der Waals surface area contributed by atoms with Gasteiger partial charge in [-0.05, 0) is 6.42 Å². The Morgan fingerprint density at radius 2 is 2.22 bits per heavy atom. The molecule has 2 heteroatoms. The molecule has 0 aromatic heterocycles. The van der Waals surface area contributed by atoms with Crippen molar-refractivity contribution in [3.05, 3.63) is 12.3 Å². The van der Waals surface area contributed by atoms with Gasteiger partial charge in [0.2, 0.25) is 0 Å². The summed E-state index contributed by atoms with van der Waals surface area (Å²) in [5, 5.41) is 0. The van der Waals surface area contributed by atoms with Gasteiger partial charge in [-0.15, -0.1) is 0 Å². The second-order valence-electron chi connectivity index (χ2n) is 1.83. The van der Waals surface area contributed by atoms with Gasteiger partial charge in [-0.3, -0.25) is 4.99 Å². The summed E-state index contributed by atoms with van der Waals surface area (Å²) in [5.41, 5.74) is 0. The van der Waals surface area contributed by atoms with Crippen molar-refractivity contribution in [1.82, 2.24) is 4.90 Å². The molecular formula is C7H14N2. The van der Waals surface area contributed by atoms with Crippen molar-refractivity contribution < 1.29 is 0 Å². The number of rotatable bonds is 3. The molecule has 0 heterocycles. The summed E-state index contributed by atoms with van der Waals surface area (Å²) in [6.45, 7) is 2.10. The van der Waals surface area contributed by atoms with Crippen molar-refractivity contribution in [2.24, 2.45) is 4.99 Å². The minimum Gasteiger partial charge on any atom is -0.343 e. The molecule has 0 spiro atoms. The summed E-state index contributed by atoms with van der Waals surface area (Å²) < 4.78 is 0. The van der Waals surface area contributed by atoms with Gasteiger partial charge in [0.25, 0.3) is 0 Å². The highest BCUT2D eigenvalue weighted by atomic mass is 15.1. The summed E-state index contributed by atoms with van der Waals surface area (Å²) in [5.74, 6) is 0. The van der Waals surface area contributed by atoms with Crippen LogP contribution < -0.4 is 0 Å². The van der Waals surface area contributed by atoms with Gasteiger partial charge >= 0.3 is 0 Å². The molecule has 9 heavy (non-hydrogen) atoms. The second kappa shape index (κ2) is 5.35. The normalized spacial score (nSPS) is 11.4. The van der Waals surface area contributed by atoms with Crippen LogP contribution in [0.15, 0.2) is 17.3 Å². The lowest BCUT2D eigenvalue weighted by Gasteiger charge is -2.03. The first-order valence-electron chi connectivity index (χ1n) is 3.12. The Bertz CT molecular complexity index is 105. The molecule has 0 aliphatic rings. The lowest BCUT2D eigenvalue weighted by atomic mass is 10.5. The fraction of sp³-hybridized carbons (Fsp3) is 0.571. The number of allylic oxidation sites excluding steroid dienone is 1. The maximum absolute atomic E-state index is 3.84. The first kappa shape index (κ1) is 8.21. The Morgan fingerprint density at radius 3 is 2.67 bits per heavy atom. The van der Waals surface area contributed by atoms with E-state index in [0.29, 0.717) is 0 Å². The summed E-state index contributed by atoms with van der Waals surface area (Å²) in [6, 6.07) is 0. The standard InChI is InChI=1S/C7H14N2/c1-4-5-6-9(3)7-8-2/h5-7H,4H2,1-3H3/b6-5-,8-7?. The summed E-state index contributed by atoms with van der Waals surface area (Å²) in [7, 11) is 3.72. The van der Waals surface area contributed by atoms with E-state index in [1.54, 1.807) is 13.4 Å². The number of nitrogens with zero attached hydrogens (tertiary/aromatic N) is 2. The van der Waals surface area contributed by atoms with Crippen molar-refractivity contribution >= 4 is 6.34 Å². The van der Waals surface area contributed by atoms with Crippen LogP contribution in [0.25, 0.3) is 0 Å². The predicted molar refractivity (Wildman–Crippen MR) is 41.6 cm³/mol. The van der Waals surface area contributed by atoms with Crippen molar-refractivity contribution in [2.45, 2.75) is 13.3 Å². The lowest BCUT2D eigenvalue weighted by Crippen LogP contribution is -2.06. The van der Waals surface area contributed by atoms with Crippen molar-refractivity contribution in [3.63, 3.8) is 0 Å². The van der Waals surface area contributed by atoms with Crippen LogP contribution in [0.2, 0.25) is 0 Å². The SMILES string of the molecule is CC/C=C\N(C)C=NC. The van der Waals surface area contributed by atoms with Crippen molar-refractivity contribution in [2.75, 3.05) is 14.1 Å². The molecule has 0 atom stereocenters. The first-order chi connectivity index (χ1) is 4.31. The summed E-state index contributed by atoms with van der Waals surface area (Å²) >= 11 is 0. The van der Waals surface area contributed by atoms with Gasteiger partial charge in [-0.1, -0.05) is 13.0 Å². The molecule has 0 N–H and O–H groups in total. The van der Waals surface area contributed by atoms with E-state index < -0.39 is 0 Å². The van der Waals surface area contributed by atoms with E-state index >= 15 is 0 Å². The highest BCUT2D eigenvalue weighted by molar-refractivity contribution is 5.55. The average molecular weight is 126 g/mol. The topological polar surface area (TPSA) is 15.6 Å². The van der Waals surface area contributed by atoms with E-state index in [1.165, 1.54) is 0 Å². The van der Waals surface area contributed by atoms with E-state index in [4.69, 9.17) is 0 Å². The maximum Gasteiger partial charge on any atom is 0.0883 e. The van der Waals surface area contributed by atoms with E-state index in [9.17, 15) is 0 Å². The van der Waals surface area contributed by atoms with E-state index in [2.05, 4.69) is 18.0 Å². The molecule has 0 bridgehead atoms. The number of hydrogen-bond acceptors (Lipinski definition) is 1. The molecule has 0 amide bonds. The highest BCUT2D eigenvalue weighted by Crippen LogP contribution is 1.82. The van der Waals surface area contributed by atoms with Gasteiger partial charge in [0, 0.05) is 20.3 Å². The highest BCUT2D eigenvalue weighted by Gasteiger charge is 1.77. The van der Waals surface area contributed by atoms with Gasteiger partial charge in [0.15, 0.2) is 0 Å². The van der Waals surface area contributed by atoms with Crippen LogP contribution in [0.1, 0.15) is 13.3 Å². The molecule has 0 aromatic rings. The van der Waals surface area contributed by atoms with Crippen LogP contribution in [-0.2, 0) is 0 Å². The Labute approximate surface area is 56.9 Å². The third kappa shape index (κ3) is 5.07. The Hall–Kier alpha value is -0.790. The Kier molecular flexibility index (Phi) is 4.88. The zero-order chi connectivity index (χ0) is 7.11. The van der Waals surface area contributed by atoms with E-state index in [-0.39, 0.29) is 0 Å². The van der Waals surface area contributed by atoms with Gasteiger partial charge < -0.3 is 4.90 Å². The Balaban J connectivity index is 3.48. The second-order valence-corrected chi connectivity index (χ2v) is 1.83. The monoisotopic (exact) mass is 126 g/mol. The fourth-order valence-corrected chi connectivity index (χ4v) is 0.492. The zero-order valence-corrected chi connectivity index (χ0v) is 6.33. The largest absolute Gasteiger partial charge is 0.343 e. The molecule has 0 aliphatic heterocycles. The summed E-state index contributed by atoms with van der Waals surface area (Å²) in [4.78, 5) is 5.76.